The van der Waals surface area contributed by atoms with Gasteiger partial charge >= 0.3 is 11.7 Å². The highest BCUT2D eigenvalue weighted by molar-refractivity contribution is 5.67. The number of carboxylic acids is 1. The largest absolute Gasteiger partial charge is 0.481 e. The highest BCUT2D eigenvalue weighted by Gasteiger charge is 2.24. The molecule has 0 bridgehead atoms. The zero-order valence-electron chi connectivity index (χ0n) is 10.8. The van der Waals surface area contributed by atoms with E-state index in [-0.39, 0.29) is 12.1 Å². The summed E-state index contributed by atoms with van der Waals surface area (Å²) in [5.74, 6) is -0.230. The van der Waals surface area contributed by atoms with E-state index in [1.807, 2.05) is 6.92 Å². The monoisotopic (exact) mass is 250 g/mol. The van der Waals surface area contributed by atoms with Gasteiger partial charge in [-0.2, -0.15) is 4.98 Å². The summed E-state index contributed by atoms with van der Waals surface area (Å²) in [6.07, 6.45) is 2.85. The fourth-order valence-electron chi connectivity index (χ4n) is 2.21. The molecule has 1 aromatic rings. The van der Waals surface area contributed by atoms with Crippen LogP contribution < -0.4 is 5.69 Å². The Morgan fingerprint density at radius 3 is 2.67 bits per heavy atom. The van der Waals surface area contributed by atoms with Crippen LogP contribution >= 0.6 is 0 Å². The quantitative estimate of drug-likeness (QED) is 0.854. The second kappa shape index (κ2) is 4.92. The summed E-state index contributed by atoms with van der Waals surface area (Å²) in [7, 11) is 0. The first-order valence-electron chi connectivity index (χ1n) is 6.27. The Hall–Kier alpha value is -1.65. The number of aryl methyl sites for hydroxylation is 1. The van der Waals surface area contributed by atoms with E-state index in [2.05, 4.69) is 4.98 Å². The fraction of sp³-hybridized carbons (Fsp3) is 0.615. The molecular weight excluding hydrogens is 232 g/mol. The molecule has 0 unspecified atom stereocenters. The molecule has 1 fully saturated rings. The molecule has 1 aliphatic rings. The molecule has 5 nitrogen and oxygen atoms in total. The van der Waals surface area contributed by atoms with Crippen LogP contribution in [0.25, 0.3) is 0 Å². The fourth-order valence-corrected chi connectivity index (χ4v) is 2.21. The van der Waals surface area contributed by atoms with Crippen LogP contribution in [-0.4, -0.2) is 20.6 Å². The number of aromatic nitrogens is 2. The number of hydrogen-bond donors (Lipinski definition) is 1. The predicted molar refractivity (Wildman–Crippen MR) is 66.7 cm³/mol. The maximum Gasteiger partial charge on any atom is 0.347 e. The Morgan fingerprint density at radius 1 is 1.44 bits per heavy atom. The molecule has 5 heteroatoms. The van der Waals surface area contributed by atoms with E-state index in [0.29, 0.717) is 18.0 Å². The molecule has 0 spiro atoms. The van der Waals surface area contributed by atoms with Crippen LogP contribution in [0, 0.1) is 19.8 Å². The van der Waals surface area contributed by atoms with Gasteiger partial charge < -0.3 is 5.11 Å². The van der Waals surface area contributed by atoms with Gasteiger partial charge in [0.05, 0.1) is 0 Å². The van der Waals surface area contributed by atoms with Crippen LogP contribution in [0.2, 0.25) is 0 Å². The molecule has 1 aliphatic carbocycles. The lowest BCUT2D eigenvalue weighted by molar-refractivity contribution is -0.136. The van der Waals surface area contributed by atoms with E-state index in [1.54, 1.807) is 11.5 Å². The summed E-state index contributed by atoms with van der Waals surface area (Å²) in [4.78, 5) is 26.5. The molecule has 1 N–H and O–H groups in total. The van der Waals surface area contributed by atoms with Crippen molar-refractivity contribution >= 4 is 5.97 Å². The molecule has 0 aromatic carbocycles. The van der Waals surface area contributed by atoms with Gasteiger partial charge in [0, 0.05) is 24.4 Å². The molecule has 18 heavy (non-hydrogen) atoms. The Balaban J connectivity index is 2.32. The van der Waals surface area contributed by atoms with Crippen molar-refractivity contribution in [2.45, 2.75) is 46.1 Å². The van der Waals surface area contributed by atoms with Crippen molar-refractivity contribution in [1.82, 2.24) is 9.55 Å². The van der Waals surface area contributed by atoms with Crippen molar-refractivity contribution in [2.75, 3.05) is 0 Å². The normalized spacial score (nSPS) is 14.8. The first-order valence-corrected chi connectivity index (χ1v) is 6.27. The van der Waals surface area contributed by atoms with E-state index in [9.17, 15) is 9.59 Å². The van der Waals surface area contributed by atoms with E-state index in [0.717, 1.165) is 17.8 Å². The molecule has 0 aliphatic heterocycles. The topological polar surface area (TPSA) is 72.2 Å². The number of carbonyl (C=O) groups is 1. The second-order valence-electron chi connectivity index (χ2n) is 4.99. The number of nitrogens with zero attached hydrogens (tertiary/aromatic N) is 2. The molecule has 1 heterocycles. The third-order valence-corrected chi connectivity index (χ3v) is 3.50. The summed E-state index contributed by atoms with van der Waals surface area (Å²) >= 11 is 0. The highest BCUT2D eigenvalue weighted by atomic mass is 16.4. The lowest BCUT2D eigenvalue weighted by atomic mass is 10.1. The van der Waals surface area contributed by atoms with Gasteiger partial charge in [-0.1, -0.05) is 0 Å². The Bertz CT molecular complexity index is 530. The molecule has 0 radical (unpaired) electrons. The minimum atomic E-state index is -0.825. The van der Waals surface area contributed by atoms with Crippen LogP contribution in [0.1, 0.15) is 36.2 Å². The lowest BCUT2D eigenvalue weighted by Crippen LogP contribution is -2.28. The van der Waals surface area contributed by atoms with Crippen LogP contribution in [-0.2, 0) is 17.8 Å². The molecule has 98 valence electrons. The summed E-state index contributed by atoms with van der Waals surface area (Å²) in [5.41, 5.74) is 2.22. The van der Waals surface area contributed by atoms with Crippen molar-refractivity contribution in [1.29, 1.82) is 0 Å². The average Bonchev–Trinajstić information content (AvgIpc) is 3.07. The minimum Gasteiger partial charge on any atom is -0.481 e. The Morgan fingerprint density at radius 2 is 2.11 bits per heavy atom. The van der Waals surface area contributed by atoms with Gasteiger partial charge in [-0.15, -0.1) is 0 Å². The van der Waals surface area contributed by atoms with Crippen molar-refractivity contribution in [2.24, 2.45) is 5.92 Å². The molecule has 0 saturated heterocycles. The van der Waals surface area contributed by atoms with Gasteiger partial charge in [0.15, 0.2) is 0 Å². The SMILES string of the molecule is Cc1nc(=O)n(CC2CC2)c(C)c1CCC(=O)O. The van der Waals surface area contributed by atoms with Crippen LogP contribution in [0.4, 0.5) is 0 Å². The van der Waals surface area contributed by atoms with Crippen molar-refractivity contribution in [3.05, 3.63) is 27.4 Å². The molecule has 2 rings (SSSR count). The molecular formula is C13H18N2O3. The van der Waals surface area contributed by atoms with Gasteiger partial charge in [-0.3, -0.25) is 9.36 Å². The maximum atomic E-state index is 11.9. The number of hydrogen-bond acceptors (Lipinski definition) is 3. The van der Waals surface area contributed by atoms with E-state index in [1.165, 1.54) is 12.8 Å². The summed E-state index contributed by atoms with van der Waals surface area (Å²) in [5, 5.41) is 8.75. The highest BCUT2D eigenvalue weighted by Crippen LogP contribution is 2.30. The van der Waals surface area contributed by atoms with Gasteiger partial charge in [-0.25, -0.2) is 4.79 Å². The third kappa shape index (κ3) is 2.78. The van der Waals surface area contributed by atoms with E-state index in [4.69, 9.17) is 5.11 Å². The molecule has 0 atom stereocenters. The van der Waals surface area contributed by atoms with Crippen molar-refractivity contribution < 1.29 is 9.90 Å². The van der Waals surface area contributed by atoms with Crippen LogP contribution in [0.15, 0.2) is 4.79 Å². The number of rotatable bonds is 5. The van der Waals surface area contributed by atoms with Gasteiger partial charge in [0.25, 0.3) is 0 Å². The predicted octanol–water partition coefficient (Wildman–Crippen LogP) is 1.29. The molecule has 1 aromatic heterocycles. The van der Waals surface area contributed by atoms with Crippen LogP contribution in [0.3, 0.4) is 0 Å². The van der Waals surface area contributed by atoms with Gasteiger partial charge in [0.1, 0.15) is 0 Å². The maximum absolute atomic E-state index is 11.9. The summed E-state index contributed by atoms with van der Waals surface area (Å²) < 4.78 is 1.70. The zero-order valence-corrected chi connectivity index (χ0v) is 10.8. The average molecular weight is 250 g/mol. The molecule has 1 saturated carbocycles. The molecule has 0 amide bonds. The Labute approximate surface area is 105 Å². The second-order valence-corrected chi connectivity index (χ2v) is 4.99. The summed E-state index contributed by atoms with van der Waals surface area (Å²) in [6, 6.07) is 0. The standard InChI is InChI=1S/C13H18N2O3/c1-8-11(5-6-12(16)17)9(2)15(13(18)14-8)7-10-3-4-10/h10H,3-7H2,1-2H3,(H,16,17). The summed E-state index contributed by atoms with van der Waals surface area (Å²) in [6.45, 7) is 4.38. The lowest BCUT2D eigenvalue weighted by Gasteiger charge is -2.14. The third-order valence-electron chi connectivity index (χ3n) is 3.50. The van der Waals surface area contributed by atoms with Crippen molar-refractivity contribution in [3.63, 3.8) is 0 Å². The first kappa shape index (κ1) is 12.8. The first-order chi connectivity index (χ1) is 8.49. The smallest absolute Gasteiger partial charge is 0.347 e. The zero-order chi connectivity index (χ0) is 13.3. The minimum absolute atomic E-state index is 0.0744. The van der Waals surface area contributed by atoms with E-state index < -0.39 is 5.97 Å². The number of carboxylic acid groups (broad SMARTS) is 1. The number of aliphatic carboxylic acids is 1. The Kier molecular flexibility index (Phi) is 3.50. The van der Waals surface area contributed by atoms with Crippen LogP contribution in [0.5, 0.6) is 0 Å². The van der Waals surface area contributed by atoms with E-state index >= 15 is 0 Å². The van der Waals surface area contributed by atoms with Gasteiger partial charge in [0.2, 0.25) is 0 Å². The van der Waals surface area contributed by atoms with Crippen molar-refractivity contribution in [3.8, 4) is 0 Å². The van der Waals surface area contributed by atoms with Gasteiger partial charge in [-0.05, 0) is 44.6 Å².